The Balaban J connectivity index is 2.05. The molecule has 1 unspecified atom stereocenters. The number of rotatable bonds is 4. The number of nitrogens with zero attached hydrogens (tertiary/aromatic N) is 3. The normalized spacial score (nSPS) is 19.7. The Morgan fingerprint density at radius 2 is 2.44 bits per heavy atom. The highest BCUT2D eigenvalue weighted by molar-refractivity contribution is 5.71. The van der Waals surface area contributed by atoms with Crippen LogP contribution >= 0.6 is 0 Å². The summed E-state index contributed by atoms with van der Waals surface area (Å²) in [6.07, 6.45) is 4.32. The molecule has 3 heterocycles. The minimum atomic E-state index is 0.192. The van der Waals surface area contributed by atoms with Gasteiger partial charge in [-0.25, -0.2) is 9.97 Å². The molecule has 2 aromatic heterocycles. The van der Waals surface area contributed by atoms with Crippen LogP contribution in [0.15, 0.2) is 18.3 Å². The van der Waals surface area contributed by atoms with E-state index in [1.165, 1.54) is 0 Å². The van der Waals surface area contributed by atoms with E-state index < -0.39 is 0 Å². The summed E-state index contributed by atoms with van der Waals surface area (Å²) < 4.78 is 7.66. The molecule has 2 aromatic rings. The number of aryl methyl sites for hydroxylation is 1. The van der Waals surface area contributed by atoms with Crippen LogP contribution in [0.4, 0.5) is 0 Å². The number of pyridine rings is 1. The zero-order valence-electron chi connectivity index (χ0n) is 10.2. The van der Waals surface area contributed by atoms with E-state index in [0.29, 0.717) is 6.04 Å². The van der Waals surface area contributed by atoms with E-state index in [1.54, 1.807) is 6.20 Å². The molecule has 0 radical (unpaired) electrons. The van der Waals surface area contributed by atoms with E-state index in [0.717, 1.165) is 49.5 Å². The van der Waals surface area contributed by atoms with Crippen molar-refractivity contribution in [2.45, 2.75) is 25.3 Å². The van der Waals surface area contributed by atoms with Crippen molar-refractivity contribution in [3.63, 3.8) is 0 Å². The van der Waals surface area contributed by atoms with Gasteiger partial charge in [-0.05, 0) is 25.0 Å². The van der Waals surface area contributed by atoms with E-state index in [2.05, 4.69) is 14.5 Å². The van der Waals surface area contributed by atoms with Gasteiger partial charge in [-0.15, -0.1) is 0 Å². The molecule has 0 bridgehead atoms. The molecule has 96 valence electrons. The van der Waals surface area contributed by atoms with Gasteiger partial charge in [0.05, 0.1) is 12.6 Å². The first-order valence-electron chi connectivity index (χ1n) is 6.40. The minimum Gasteiger partial charge on any atom is -0.396 e. The maximum atomic E-state index is 8.98. The molecule has 5 heteroatoms. The van der Waals surface area contributed by atoms with Gasteiger partial charge >= 0.3 is 0 Å². The summed E-state index contributed by atoms with van der Waals surface area (Å²) in [7, 11) is 0. The van der Waals surface area contributed by atoms with Gasteiger partial charge in [0.15, 0.2) is 5.65 Å². The van der Waals surface area contributed by atoms with Crippen LogP contribution in [0.2, 0.25) is 0 Å². The molecule has 0 saturated carbocycles. The minimum absolute atomic E-state index is 0.192. The molecule has 1 saturated heterocycles. The zero-order valence-corrected chi connectivity index (χ0v) is 10.2. The molecule has 1 aliphatic heterocycles. The van der Waals surface area contributed by atoms with Gasteiger partial charge in [-0.3, -0.25) is 0 Å². The summed E-state index contributed by atoms with van der Waals surface area (Å²) in [5, 5.41) is 8.98. The van der Waals surface area contributed by atoms with Crippen molar-refractivity contribution < 1.29 is 9.84 Å². The van der Waals surface area contributed by atoms with Crippen molar-refractivity contribution in [2.75, 3.05) is 19.8 Å². The predicted molar refractivity (Wildman–Crippen MR) is 67.4 cm³/mol. The summed E-state index contributed by atoms with van der Waals surface area (Å²) >= 11 is 0. The fraction of sp³-hybridized carbons (Fsp3) is 0.538. The van der Waals surface area contributed by atoms with E-state index in [4.69, 9.17) is 9.84 Å². The van der Waals surface area contributed by atoms with Gasteiger partial charge in [0.25, 0.3) is 0 Å². The van der Waals surface area contributed by atoms with Crippen LogP contribution in [0.1, 0.15) is 24.7 Å². The lowest BCUT2D eigenvalue weighted by Gasteiger charge is -2.14. The number of aliphatic hydroxyl groups excluding tert-OH is 1. The first kappa shape index (κ1) is 11.6. The molecule has 3 rings (SSSR count). The number of aromatic nitrogens is 3. The summed E-state index contributed by atoms with van der Waals surface area (Å²) in [6, 6.07) is 4.22. The number of imidazole rings is 1. The van der Waals surface area contributed by atoms with Gasteiger partial charge in [-0.1, -0.05) is 0 Å². The molecule has 18 heavy (non-hydrogen) atoms. The second-order valence-corrected chi connectivity index (χ2v) is 4.59. The molecule has 5 nitrogen and oxygen atoms in total. The van der Waals surface area contributed by atoms with Crippen LogP contribution in [0, 0.1) is 0 Å². The Morgan fingerprint density at radius 1 is 1.50 bits per heavy atom. The average Bonchev–Trinajstić information content (AvgIpc) is 3.02. The Hall–Kier alpha value is -1.46. The second-order valence-electron chi connectivity index (χ2n) is 4.59. The topological polar surface area (TPSA) is 60.2 Å². The summed E-state index contributed by atoms with van der Waals surface area (Å²) in [6.45, 7) is 1.72. The third-order valence-corrected chi connectivity index (χ3v) is 3.35. The van der Waals surface area contributed by atoms with Crippen molar-refractivity contribution in [3.8, 4) is 0 Å². The Labute approximate surface area is 105 Å². The Kier molecular flexibility index (Phi) is 3.25. The van der Waals surface area contributed by atoms with Gasteiger partial charge in [0.1, 0.15) is 11.3 Å². The highest BCUT2D eigenvalue weighted by atomic mass is 16.5. The van der Waals surface area contributed by atoms with Crippen molar-refractivity contribution in [1.82, 2.24) is 14.5 Å². The van der Waals surface area contributed by atoms with Gasteiger partial charge < -0.3 is 14.4 Å². The first-order chi connectivity index (χ1) is 8.90. The molecular weight excluding hydrogens is 230 g/mol. The van der Waals surface area contributed by atoms with Crippen LogP contribution in [0.3, 0.4) is 0 Å². The first-order valence-corrected chi connectivity index (χ1v) is 6.40. The van der Waals surface area contributed by atoms with E-state index in [1.807, 2.05) is 12.1 Å². The quantitative estimate of drug-likeness (QED) is 0.885. The highest BCUT2D eigenvalue weighted by Crippen LogP contribution is 2.26. The van der Waals surface area contributed by atoms with E-state index in [9.17, 15) is 0 Å². The van der Waals surface area contributed by atoms with E-state index in [-0.39, 0.29) is 6.61 Å². The van der Waals surface area contributed by atoms with Crippen molar-refractivity contribution in [1.29, 1.82) is 0 Å². The zero-order chi connectivity index (χ0) is 12.4. The lowest BCUT2D eigenvalue weighted by atomic mass is 10.2. The Morgan fingerprint density at radius 3 is 3.22 bits per heavy atom. The summed E-state index contributed by atoms with van der Waals surface area (Å²) in [4.78, 5) is 9.07. The highest BCUT2D eigenvalue weighted by Gasteiger charge is 2.23. The van der Waals surface area contributed by atoms with Crippen molar-refractivity contribution in [2.24, 2.45) is 0 Å². The molecule has 0 aliphatic carbocycles. The second kappa shape index (κ2) is 5.04. The molecule has 1 atom stereocenters. The van der Waals surface area contributed by atoms with Crippen molar-refractivity contribution >= 4 is 11.2 Å². The third-order valence-electron chi connectivity index (χ3n) is 3.35. The monoisotopic (exact) mass is 247 g/mol. The standard InChI is InChI=1S/C13H17N3O2/c17-7-2-4-12-15-11-3-1-6-14-13(11)16(12)10-5-8-18-9-10/h1,3,6,10,17H,2,4-5,7-9H2. The fourth-order valence-electron chi connectivity index (χ4n) is 2.50. The van der Waals surface area contributed by atoms with Crippen molar-refractivity contribution in [3.05, 3.63) is 24.2 Å². The number of hydrogen-bond donors (Lipinski definition) is 1. The maximum absolute atomic E-state index is 8.98. The molecule has 0 spiro atoms. The molecule has 1 N–H and O–H groups in total. The van der Waals surface area contributed by atoms with E-state index >= 15 is 0 Å². The SMILES string of the molecule is OCCCc1nc2cccnc2n1C1CCOC1. The van der Waals surface area contributed by atoms with Crippen LogP contribution in [-0.2, 0) is 11.2 Å². The van der Waals surface area contributed by atoms with Gasteiger partial charge in [0, 0.05) is 25.8 Å². The number of ether oxygens (including phenoxy) is 1. The number of hydrogen-bond acceptors (Lipinski definition) is 4. The molecular formula is C13H17N3O2. The lowest BCUT2D eigenvalue weighted by molar-refractivity contribution is 0.186. The lowest BCUT2D eigenvalue weighted by Crippen LogP contribution is -2.13. The predicted octanol–water partition coefficient (Wildman–Crippen LogP) is 1.32. The molecule has 0 aromatic carbocycles. The van der Waals surface area contributed by atoms with Crippen LogP contribution in [-0.4, -0.2) is 39.5 Å². The third kappa shape index (κ3) is 2.00. The summed E-state index contributed by atoms with van der Waals surface area (Å²) in [5.41, 5.74) is 1.86. The Bertz CT molecular complexity index is 532. The molecule has 1 aliphatic rings. The largest absolute Gasteiger partial charge is 0.396 e. The van der Waals surface area contributed by atoms with Gasteiger partial charge in [0.2, 0.25) is 0 Å². The fourth-order valence-corrected chi connectivity index (χ4v) is 2.50. The molecule has 1 fully saturated rings. The summed E-state index contributed by atoms with van der Waals surface area (Å²) in [5.74, 6) is 1.01. The number of aliphatic hydroxyl groups is 1. The average molecular weight is 247 g/mol. The van der Waals surface area contributed by atoms with Gasteiger partial charge in [-0.2, -0.15) is 0 Å². The molecule has 0 amide bonds. The smallest absolute Gasteiger partial charge is 0.160 e. The van der Waals surface area contributed by atoms with Crippen LogP contribution < -0.4 is 0 Å². The maximum Gasteiger partial charge on any atom is 0.160 e. The van der Waals surface area contributed by atoms with Crippen LogP contribution in [0.5, 0.6) is 0 Å². The van der Waals surface area contributed by atoms with Crippen LogP contribution in [0.25, 0.3) is 11.2 Å². The number of fused-ring (bicyclic) bond motifs is 1.